The molecule has 0 fully saturated rings. The first kappa shape index (κ1) is 8.57. The number of ether oxygens (including phenoxy) is 1. The van der Waals surface area contributed by atoms with Gasteiger partial charge in [-0.25, -0.2) is 0 Å². The minimum Gasteiger partial charge on any atom is -0.493 e. The molecular weight excluding hydrogens is 162 g/mol. The molecule has 0 saturated carbocycles. The van der Waals surface area contributed by atoms with Crippen LogP contribution in [0, 0.1) is 5.41 Å². The van der Waals surface area contributed by atoms with Gasteiger partial charge in [-0.3, -0.25) is 0 Å². The average molecular weight is 177 g/mol. The second kappa shape index (κ2) is 2.74. The molecular formula is C11H15NO. The lowest BCUT2D eigenvalue weighted by molar-refractivity contribution is 0.122. The van der Waals surface area contributed by atoms with Gasteiger partial charge in [-0.1, -0.05) is 32.0 Å². The third-order valence-corrected chi connectivity index (χ3v) is 2.70. The van der Waals surface area contributed by atoms with E-state index in [0.717, 1.165) is 11.3 Å². The second-order valence-electron chi connectivity index (χ2n) is 4.29. The Balaban J connectivity index is 2.45. The fourth-order valence-corrected chi connectivity index (χ4v) is 1.64. The van der Waals surface area contributed by atoms with Crippen LogP contribution in [0.25, 0.3) is 0 Å². The highest BCUT2D eigenvalue weighted by Crippen LogP contribution is 2.40. The lowest BCUT2D eigenvalue weighted by Gasteiger charge is -2.37. The Morgan fingerprint density at radius 1 is 1.38 bits per heavy atom. The molecule has 1 heterocycles. The van der Waals surface area contributed by atoms with E-state index in [4.69, 9.17) is 10.5 Å². The molecule has 2 N–H and O–H groups in total. The van der Waals surface area contributed by atoms with Crippen LogP contribution in [0.15, 0.2) is 24.3 Å². The highest BCUT2D eigenvalue weighted by molar-refractivity contribution is 5.38. The standard InChI is InChI=1S/C11H15NO/c1-11(2)7-13-9-6-4-3-5-8(9)10(11)12/h3-6,10H,7,12H2,1-2H3/t10-/m0/s1. The molecule has 0 unspecified atom stereocenters. The van der Waals surface area contributed by atoms with Gasteiger partial charge in [-0.05, 0) is 6.07 Å². The van der Waals surface area contributed by atoms with Gasteiger partial charge in [0.15, 0.2) is 0 Å². The molecule has 1 aliphatic rings. The lowest BCUT2D eigenvalue weighted by atomic mass is 9.80. The van der Waals surface area contributed by atoms with Crippen LogP contribution < -0.4 is 10.5 Å². The topological polar surface area (TPSA) is 35.2 Å². The smallest absolute Gasteiger partial charge is 0.124 e. The summed E-state index contributed by atoms with van der Waals surface area (Å²) in [6.07, 6.45) is 0. The molecule has 1 aliphatic heterocycles. The number of nitrogens with two attached hydrogens (primary N) is 1. The highest BCUT2D eigenvalue weighted by atomic mass is 16.5. The van der Waals surface area contributed by atoms with Crippen LogP contribution in [0.5, 0.6) is 5.75 Å². The van der Waals surface area contributed by atoms with E-state index in [9.17, 15) is 0 Å². The van der Waals surface area contributed by atoms with Gasteiger partial charge in [0.05, 0.1) is 6.61 Å². The van der Waals surface area contributed by atoms with Crippen LogP contribution in [0.4, 0.5) is 0 Å². The predicted molar refractivity (Wildman–Crippen MR) is 52.6 cm³/mol. The first-order chi connectivity index (χ1) is 6.11. The number of benzene rings is 1. The fourth-order valence-electron chi connectivity index (χ4n) is 1.64. The molecule has 1 aromatic rings. The molecule has 0 amide bonds. The summed E-state index contributed by atoms with van der Waals surface area (Å²) in [6.45, 7) is 4.96. The maximum Gasteiger partial charge on any atom is 0.124 e. The molecule has 1 aromatic carbocycles. The molecule has 0 spiro atoms. The molecule has 0 aromatic heterocycles. The maximum absolute atomic E-state index is 6.14. The van der Waals surface area contributed by atoms with Crippen molar-refractivity contribution < 1.29 is 4.74 Å². The zero-order chi connectivity index (χ0) is 9.47. The van der Waals surface area contributed by atoms with Crippen molar-refractivity contribution in [1.82, 2.24) is 0 Å². The number of hydrogen-bond acceptors (Lipinski definition) is 2. The van der Waals surface area contributed by atoms with Crippen LogP contribution in [0.1, 0.15) is 25.5 Å². The van der Waals surface area contributed by atoms with Crippen molar-refractivity contribution in [2.75, 3.05) is 6.61 Å². The minimum atomic E-state index is 0.0361. The maximum atomic E-state index is 6.14. The van der Waals surface area contributed by atoms with Crippen molar-refractivity contribution >= 4 is 0 Å². The van der Waals surface area contributed by atoms with Crippen molar-refractivity contribution in [3.05, 3.63) is 29.8 Å². The normalized spacial score (nSPS) is 24.7. The summed E-state index contributed by atoms with van der Waals surface area (Å²) in [5.41, 5.74) is 7.30. The van der Waals surface area contributed by atoms with Gasteiger partial charge >= 0.3 is 0 Å². The molecule has 2 rings (SSSR count). The van der Waals surface area contributed by atoms with Gasteiger partial charge in [0.1, 0.15) is 5.75 Å². The molecule has 0 radical (unpaired) electrons. The third-order valence-electron chi connectivity index (χ3n) is 2.70. The molecule has 0 aliphatic carbocycles. The number of para-hydroxylation sites is 1. The zero-order valence-electron chi connectivity index (χ0n) is 8.08. The quantitative estimate of drug-likeness (QED) is 0.658. The van der Waals surface area contributed by atoms with E-state index < -0.39 is 0 Å². The van der Waals surface area contributed by atoms with Gasteiger partial charge in [0.2, 0.25) is 0 Å². The molecule has 13 heavy (non-hydrogen) atoms. The zero-order valence-corrected chi connectivity index (χ0v) is 8.08. The van der Waals surface area contributed by atoms with Crippen LogP contribution >= 0.6 is 0 Å². The molecule has 0 saturated heterocycles. The summed E-state index contributed by atoms with van der Waals surface area (Å²) in [4.78, 5) is 0. The van der Waals surface area contributed by atoms with Gasteiger partial charge < -0.3 is 10.5 Å². The highest BCUT2D eigenvalue weighted by Gasteiger charge is 2.34. The minimum absolute atomic E-state index is 0.0361. The van der Waals surface area contributed by atoms with E-state index in [1.54, 1.807) is 0 Å². The van der Waals surface area contributed by atoms with Gasteiger partial charge in [-0.2, -0.15) is 0 Å². The van der Waals surface area contributed by atoms with E-state index in [2.05, 4.69) is 13.8 Å². The average Bonchev–Trinajstić information content (AvgIpc) is 2.13. The largest absolute Gasteiger partial charge is 0.493 e. The van der Waals surface area contributed by atoms with Gasteiger partial charge in [0.25, 0.3) is 0 Å². The van der Waals surface area contributed by atoms with Crippen molar-refractivity contribution in [3.63, 3.8) is 0 Å². The van der Waals surface area contributed by atoms with E-state index in [-0.39, 0.29) is 11.5 Å². The summed E-state index contributed by atoms with van der Waals surface area (Å²) in [5, 5.41) is 0. The summed E-state index contributed by atoms with van der Waals surface area (Å²) in [7, 11) is 0. The summed E-state index contributed by atoms with van der Waals surface area (Å²) >= 11 is 0. The number of fused-ring (bicyclic) bond motifs is 1. The molecule has 2 heteroatoms. The van der Waals surface area contributed by atoms with E-state index in [1.807, 2.05) is 24.3 Å². The Morgan fingerprint density at radius 3 is 2.85 bits per heavy atom. The first-order valence-corrected chi connectivity index (χ1v) is 4.58. The Kier molecular flexibility index (Phi) is 1.81. The van der Waals surface area contributed by atoms with Crippen molar-refractivity contribution in [3.8, 4) is 5.75 Å². The Labute approximate surface area is 78.7 Å². The fraction of sp³-hybridized carbons (Fsp3) is 0.455. The third kappa shape index (κ3) is 1.31. The second-order valence-corrected chi connectivity index (χ2v) is 4.29. The molecule has 0 bridgehead atoms. The Hall–Kier alpha value is -1.02. The lowest BCUT2D eigenvalue weighted by Crippen LogP contribution is -2.38. The Morgan fingerprint density at radius 2 is 2.08 bits per heavy atom. The molecule has 1 atom stereocenters. The van der Waals surface area contributed by atoms with E-state index in [1.165, 1.54) is 0 Å². The van der Waals surface area contributed by atoms with Crippen LogP contribution in [-0.2, 0) is 0 Å². The van der Waals surface area contributed by atoms with Crippen LogP contribution in [0.2, 0.25) is 0 Å². The van der Waals surface area contributed by atoms with E-state index >= 15 is 0 Å². The number of rotatable bonds is 0. The number of hydrogen-bond donors (Lipinski definition) is 1. The van der Waals surface area contributed by atoms with Crippen molar-refractivity contribution in [2.45, 2.75) is 19.9 Å². The van der Waals surface area contributed by atoms with Crippen LogP contribution in [-0.4, -0.2) is 6.61 Å². The van der Waals surface area contributed by atoms with Gasteiger partial charge in [0, 0.05) is 17.0 Å². The molecule has 70 valence electrons. The summed E-state index contributed by atoms with van der Waals surface area (Å²) < 4.78 is 5.63. The van der Waals surface area contributed by atoms with Crippen molar-refractivity contribution in [2.24, 2.45) is 11.1 Å². The first-order valence-electron chi connectivity index (χ1n) is 4.58. The SMILES string of the molecule is CC1(C)COc2ccccc2[C@@H]1N. The van der Waals surface area contributed by atoms with Crippen LogP contribution in [0.3, 0.4) is 0 Å². The van der Waals surface area contributed by atoms with Gasteiger partial charge in [-0.15, -0.1) is 0 Å². The Bertz CT molecular complexity index is 320. The summed E-state index contributed by atoms with van der Waals surface area (Å²) in [6, 6.07) is 8.08. The predicted octanol–water partition coefficient (Wildman–Crippen LogP) is 2.10. The monoisotopic (exact) mass is 177 g/mol. The van der Waals surface area contributed by atoms with E-state index in [0.29, 0.717) is 6.61 Å². The van der Waals surface area contributed by atoms with Crippen molar-refractivity contribution in [1.29, 1.82) is 0 Å². The molecule has 2 nitrogen and oxygen atoms in total. The summed E-state index contributed by atoms with van der Waals surface area (Å²) in [5.74, 6) is 0.939.